The Bertz CT molecular complexity index is 527. The van der Waals surface area contributed by atoms with Crippen molar-refractivity contribution in [1.29, 1.82) is 0 Å². The van der Waals surface area contributed by atoms with Crippen LogP contribution in [-0.2, 0) is 0 Å². The van der Waals surface area contributed by atoms with Crippen LogP contribution in [-0.4, -0.2) is 0 Å². The second-order valence-corrected chi connectivity index (χ2v) is 4.04. The van der Waals surface area contributed by atoms with Gasteiger partial charge in [0.1, 0.15) is 0 Å². The van der Waals surface area contributed by atoms with Crippen LogP contribution in [0.3, 0.4) is 0 Å². The van der Waals surface area contributed by atoms with Crippen molar-refractivity contribution in [1.82, 2.24) is 0 Å². The number of hydrogen-bond acceptors (Lipinski definition) is 2. The van der Waals surface area contributed by atoms with Crippen LogP contribution < -0.4 is 11.1 Å². The minimum Gasteiger partial charge on any atom is -0.399 e. The lowest BCUT2D eigenvalue weighted by Crippen LogP contribution is -1.99. The van der Waals surface area contributed by atoms with E-state index in [0.717, 1.165) is 22.6 Å². The van der Waals surface area contributed by atoms with Gasteiger partial charge >= 0.3 is 0 Å². The SMILES string of the molecule is C=C(Nc1ccccc1C)c1ccc(N)cc1.CC. The standard InChI is InChI=1S/C15H16N2.C2H6/c1-11-5-3-4-6-15(11)17-12(2)13-7-9-14(16)10-8-13;1-2/h3-10,17H,2,16H2,1H3;1-2H3. The number of nitrogens with two attached hydrogens (primary N) is 1. The van der Waals surface area contributed by atoms with Crippen molar-refractivity contribution < 1.29 is 0 Å². The van der Waals surface area contributed by atoms with Crippen molar-refractivity contribution in [2.45, 2.75) is 20.8 Å². The van der Waals surface area contributed by atoms with E-state index in [1.54, 1.807) is 0 Å². The molecule has 0 aliphatic heterocycles. The number of benzene rings is 2. The summed E-state index contributed by atoms with van der Waals surface area (Å²) in [5.41, 5.74) is 10.6. The fourth-order valence-electron chi connectivity index (χ4n) is 1.63. The number of nitrogen functional groups attached to an aromatic ring is 1. The minimum absolute atomic E-state index is 0.762. The first-order valence-corrected chi connectivity index (χ1v) is 6.54. The molecule has 0 spiro atoms. The molecule has 0 amide bonds. The zero-order chi connectivity index (χ0) is 14.3. The van der Waals surface area contributed by atoms with E-state index in [9.17, 15) is 0 Å². The van der Waals surface area contributed by atoms with E-state index in [1.165, 1.54) is 5.56 Å². The Morgan fingerprint density at radius 1 is 1.00 bits per heavy atom. The zero-order valence-electron chi connectivity index (χ0n) is 11.9. The van der Waals surface area contributed by atoms with Gasteiger partial charge in [-0.2, -0.15) is 0 Å². The molecular formula is C17H22N2. The van der Waals surface area contributed by atoms with Crippen molar-refractivity contribution in [3.63, 3.8) is 0 Å². The minimum atomic E-state index is 0.762. The smallest absolute Gasteiger partial charge is 0.0413 e. The van der Waals surface area contributed by atoms with Crippen molar-refractivity contribution in [3.8, 4) is 0 Å². The third-order valence-corrected chi connectivity index (χ3v) is 2.69. The second-order valence-electron chi connectivity index (χ2n) is 4.04. The molecule has 2 rings (SSSR count). The van der Waals surface area contributed by atoms with Gasteiger partial charge in [0.2, 0.25) is 0 Å². The highest BCUT2D eigenvalue weighted by Crippen LogP contribution is 2.20. The Balaban J connectivity index is 0.000000861. The van der Waals surface area contributed by atoms with Crippen molar-refractivity contribution in [2.75, 3.05) is 11.1 Å². The van der Waals surface area contributed by atoms with Crippen molar-refractivity contribution >= 4 is 17.1 Å². The summed E-state index contributed by atoms with van der Waals surface area (Å²) in [6, 6.07) is 15.8. The molecule has 0 radical (unpaired) electrons. The Labute approximate surface area is 116 Å². The van der Waals surface area contributed by atoms with Gasteiger partial charge in [-0.3, -0.25) is 0 Å². The van der Waals surface area contributed by atoms with Gasteiger partial charge < -0.3 is 11.1 Å². The lowest BCUT2D eigenvalue weighted by molar-refractivity contribution is 1.43. The van der Waals surface area contributed by atoms with Crippen molar-refractivity contribution in [3.05, 3.63) is 66.2 Å². The fraction of sp³-hybridized carbons (Fsp3) is 0.176. The normalized spacial score (nSPS) is 9.21. The molecule has 2 aromatic rings. The van der Waals surface area contributed by atoms with E-state index < -0.39 is 0 Å². The first kappa shape index (κ1) is 14.8. The maximum Gasteiger partial charge on any atom is 0.0413 e. The Hall–Kier alpha value is -2.22. The summed E-state index contributed by atoms with van der Waals surface area (Å²) in [6.45, 7) is 10.1. The second kappa shape index (κ2) is 7.27. The molecule has 2 nitrogen and oxygen atoms in total. The van der Waals surface area contributed by atoms with Gasteiger partial charge in [-0.05, 0) is 36.2 Å². The molecule has 0 unspecified atom stereocenters. The van der Waals surface area contributed by atoms with E-state index >= 15 is 0 Å². The monoisotopic (exact) mass is 254 g/mol. The molecule has 0 aliphatic carbocycles. The summed E-state index contributed by atoms with van der Waals surface area (Å²) in [4.78, 5) is 0. The van der Waals surface area contributed by atoms with Crippen LogP contribution >= 0.6 is 0 Å². The van der Waals surface area contributed by atoms with Crippen LogP contribution in [0.1, 0.15) is 25.0 Å². The number of aryl methyl sites for hydroxylation is 1. The molecule has 2 aromatic carbocycles. The molecule has 0 atom stereocenters. The van der Waals surface area contributed by atoms with Crippen LogP contribution in [0.15, 0.2) is 55.1 Å². The maximum absolute atomic E-state index is 5.65. The van der Waals surface area contributed by atoms with Gasteiger partial charge in [-0.1, -0.05) is 50.8 Å². The topological polar surface area (TPSA) is 38.0 Å². The van der Waals surface area contributed by atoms with Crippen LogP contribution in [0.5, 0.6) is 0 Å². The van der Waals surface area contributed by atoms with Crippen LogP contribution in [0, 0.1) is 6.92 Å². The van der Waals surface area contributed by atoms with E-state index in [2.05, 4.69) is 24.9 Å². The number of para-hydroxylation sites is 1. The molecule has 0 saturated carbocycles. The number of nitrogens with one attached hydrogen (secondary N) is 1. The Kier molecular flexibility index (Phi) is 5.68. The molecule has 0 fully saturated rings. The first-order valence-electron chi connectivity index (χ1n) is 6.54. The third-order valence-electron chi connectivity index (χ3n) is 2.69. The average Bonchev–Trinajstić information content (AvgIpc) is 2.44. The van der Waals surface area contributed by atoms with E-state index in [-0.39, 0.29) is 0 Å². The lowest BCUT2D eigenvalue weighted by atomic mass is 10.1. The molecule has 0 aliphatic rings. The molecule has 0 bridgehead atoms. The van der Waals surface area contributed by atoms with Crippen LogP contribution in [0.4, 0.5) is 11.4 Å². The zero-order valence-corrected chi connectivity index (χ0v) is 11.9. The molecule has 19 heavy (non-hydrogen) atoms. The lowest BCUT2D eigenvalue weighted by Gasteiger charge is -2.12. The summed E-state index contributed by atoms with van der Waals surface area (Å²) in [7, 11) is 0. The van der Waals surface area contributed by atoms with Gasteiger partial charge in [-0.15, -0.1) is 0 Å². The molecule has 0 aromatic heterocycles. The summed E-state index contributed by atoms with van der Waals surface area (Å²) in [5, 5.41) is 3.31. The summed E-state index contributed by atoms with van der Waals surface area (Å²) in [5.74, 6) is 0. The van der Waals surface area contributed by atoms with Gasteiger partial charge in [0.15, 0.2) is 0 Å². The summed E-state index contributed by atoms with van der Waals surface area (Å²) >= 11 is 0. The predicted octanol–water partition coefficient (Wildman–Crippen LogP) is 4.69. The largest absolute Gasteiger partial charge is 0.399 e. The van der Waals surface area contributed by atoms with E-state index in [4.69, 9.17) is 5.73 Å². The summed E-state index contributed by atoms with van der Waals surface area (Å²) < 4.78 is 0. The highest BCUT2D eigenvalue weighted by molar-refractivity contribution is 5.76. The van der Waals surface area contributed by atoms with Crippen LogP contribution in [0.25, 0.3) is 5.70 Å². The number of rotatable bonds is 3. The predicted molar refractivity (Wildman–Crippen MR) is 86.0 cm³/mol. The summed E-state index contributed by atoms with van der Waals surface area (Å²) in [6.07, 6.45) is 0. The first-order chi connectivity index (χ1) is 9.16. The highest BCUT2D eigenvalue weighted by atomic mass is 14.9. The molecule has 0 heterocycles. The van der Waals surface area contributed by atoms with Gasteiger partial charge in [0, 0.05) is 17.1 Å². The van der Waals surface area contributed by atoms with Gasteiger partial charge in [-0.25, -0.2) is 0 Å². The highest BCUT2D eigenvalue weighted by Gasteiger charge is 2.01. The quantitative estimate of drug-likeness (QED) is 0.780. The van der Waals surface area contributed by atoms with E-state index in [1.807, 2.05) is 56.3 Å². The molecule has 3 N–H and O–H groups in total. The van der Waals surface area contributed by atoms with Crippen LogP contribution in [0.2, 0.25) is 0 Å². The Morgan fingerprint density at radius 2 is 1.58 bits per heavy atom. The fourth-order valence-corrected chi connectivity index (χ4v) is 1.63. The molecule has 0 saturated heterocycles. The third kappa shape index (κ3) is 4.18. The molecule has 2 heteroatoms. The number of hydrogen-bond donors (Lipinski definition) is 2. The van der Waals surface area contributed by atoms with Gasteiger partial charge in [0.05, 0.1) is 0 Å². The maximum atomic E-state index is 5.65. The van der Waals surface area contributed by atoms with E-state index in [0.29, 0.717) is 0 Å². The number of anilines is 2. The van der Waals surface area contributed by atoms with Crippen molar-refractivity contribution in [2.24, 2.45) is 0 Å². The Morgan fingerprint density at radius 3 is 2.16 bits per heavy atom. The average molecular weight is 254 g/mol. The molecular weight excluding hydrogens is 232 g/mol. The molecule has 100 valence electrons. The van der Waals surface area contributed by atoms with Gasteiger partial charge in [0.25, 0.3) is 0 Å².